The van der Waals surface area contributed by atoms with Gasteiger partial charge in [-0.2, -0.15) is 8.78 Å². The quantitative estimate of drug-likeness (QED) is 0.659. The molecule has 0 aliphatic heterocycles. The molecular formula is C10H10F2O. The molecule has 0 atom stereocenters. The van der Waals surface area contributed by atoms with E-state index in [1.807, 2.05) is 6.92 Å². The van der Waals surface area contributed by atoms with Crippen LogP contribution in [0.2, 0.25) is 0 Å². The van der Waals surface area contributed by atoms with Crippen molar-refractivity contribution in [3.63, 3.8) is 0 Å². The molecule has 0 amide bonds. The van der Waals surface area contributed by atoms with Gasteiger partial charge in [0.05, 0.1) is 0 Å². The summed E-state index contributed by atoms with van der Waals surface area (Å²) in [6.07, 6.45) is -0.830. The third-order valence-corrected chi connectivity index (χ3v) is 1.73. The van der Waals surface area contributed by atoms with Crippen LogP contribution in [-0.2, 0) is 11.2 Å². The Morgan fingerprint density at radius 2 is 1.85 bits per heavy atom. The molecule has 1 rings (SSSR count). The summed E-state index contributed by atoms with van der Waals surface area (Å²) in [4.78, 5) is 9.95. The zero-order valence-corrected chi connectivity index (χ0v) is 7.26. The molecular weight excluding hydrogens is 174 g/mol. The third-order valence-electron chi connectivity index (χ3n) is 1.73. The largest absolute Gasteiger partial charge is 0.306 e. The van der Waals surface area contributed by atoms with Crippen molar-refractivity contribution in [2.75, 3.05) is 0 Å². The molecule has 0 spiro atoms. The molecule has 0 saturated heterocycles. The van der Waals surface area contributed by atoms with Gasteiger partial charge in [-0.3, -0.25) is 4.79 Å². The third kappa shape index (κ3) is 2.93. The van der Waals surface area contributed by atoms with Gasteiger partial charge in [0.1, 0.15) is 0 Å². The maximum Gasteiger partial charge on any atom is 0.306 e. The van der Waals surface area contributed by atoms with Crippen LogP contribution < -0.4 is 0 Å². The lowest BCUT2D eigenvalue weighted by atomic mass is 10.1. The van der Waals surface area contributed by atoms with Gasteiger partial charge in [-0.05, 0) is 12.5 Å². The van der Waals surface area contributed by atoms with Gasteiger partial charge in [0.25, 0.3) is 0 Å². The van der Waals surface area contributed by atoms with Crippen LogP contribution in [0.4, 0.5) is 8.78 Å². The zero-order valence-electron chi connectivity index (χ0n) is 7.26. The SMILES string of the molecule is Cc1ccc(CC(F)(F)C=O)cc1. The Morgan fingerprint density at radius 3 is 2.31 bits per heavy atom. The average molecular weight is 184 g/mol. The summed E-state index contributed by atoms with van der Waals surface area (Å²) in [6, 6.07) is 6.70. The number of aldehydes is 1. The monoisotopic (exact) mass is 184 g/mol. The van der Waals surface area contributed by atoms with Crippen LogP contribution in [0.3, 0.4) is 0 Å². The van der Waals surface area contributed by atoms with Gasteiger partial charge in [0, 0.05) is 6.42 Å². The summed E-state index contributed by atoms with van der Waals surface area (Å²) in [5.41, 5.74) is 1.49. The van der Waals surface area contributed by atoms with Crippen molar-refractivity contribution in [2.45, 2.75) is 19.3 Å². The molecule has 1 aromatic rings. The highest BCUT2D eigenvalue weighted by Gasteiger charge is 2.27. The Bertz CT molecular complexity index is 290. The van der Waals surface area contributed by atoms with Crippen molar-refractivity contribution in [3.8, 4) is 0 Å². The molecule has 1 aromatic carbocycles. The van der Waals surface area contributed by atoms with Gasteiger partial charge in [-0.1, -0.05) is 29.8 Å². The van der Waals surface area contributed by atoms with Gasteiger partial charge >= 0.3 is 5.92 Å². The summed E-state index contributed by atoms with van der Waals surface area (Å²) in [5, 5.41) is 0. The fraction of sp³-hybridized carbons (Fsp3) is 0.300. The second-order valence-corrected chi connectivity index (χ2v) is 3.04. The first-order valence-electron chi connectivity index (χ1n) is 3.93. The van der Waals surface area contributed by atoms with Crippen LogP contribution in [-0.4, -0.2) is 12.2 Å². The number of rotatable bonds is 3. The Balaban J connectivity index is 2.75. The topological polar surface area (TPSA) is 17.1 Å². The van der Waals surface area contributed by atoms with Crippen molar-refractivity contribution in [3.05, 3.63) is 35.4 Å². The molecule has 3 heteroatoms. The fourth-order valence-electron chi connectivity index (χ4n) is 1.02. The Labute approximate surface area is 75.4 Å². The van der Waals surface area contributed by atoms with E-state index in [2.05, 4.69) is 0 Å². The van der Waals surface area contributed by atoms with Crippen molar-refractivity contribution < 1.29 is 13.6 Å². The standard InChI is InChI=1S/C10H10F2O/c1-8-2-4-9(5-3-8)6-10(11,12)7-13/h2-5,7H,6H2,1H3. The van der Waals surface area contributed by atoms with Crippen LogP contribution >= 0.6 is 0 Å². The minimum atomic E-state index is -3.24. The van der Waals surface area contributed by atoms with Crippen molar-refractivity contribution in [1.29, 1.82) is 0 Å². The Morgan fingerprint density at radius 1 is 1.31 bits per heavy atom. The van der Waals surface area contributed by atoms with E-state index in [4.69, 9.17) is 0 Å². The molecule has 0 fully saturated rings. The molecule has 1 nitrogen and oxygen atoms in total. The van der Waals surface area contributed by atoms with Gasteiger partial charge in [-0.15, -0.1) is 0 Å². The Hall–Kier alpha value is -1.25. The fourth-order valence-corrected chi connectivity index (χ4v) is 1.02. The predicted octanol–water partition coefficient (Wildman–Crippen LogP) is 2.37. The number of hydrogen-bond acceptors (Lipinski definition) is 1. The molecule has 0 aliphatic rings. The highest BCUT2D eigenvalue weighted by atomic mass is 19.3. The number of hydrogen-bond donors (Lipinski definition) is 0. The molecule has 0 aliphatic carbocycles. The zero-order chi connectivity index (χ0) is 9.90. The lowest BCUT2D eigenvalue weighted by Gasteiger charge is -2.08. The molecule has 13 heavy (non-hydrogen) atoms. The highest BCUT2D eigenvalue weighted by Crippen LogP contribution is 2.17. The van der Waals surface area contributed by atoms with Crippen LogP contribution in [0, 0.1) is 6.92 Å². The second kappa shape index (κ2) is 3.64. The van der Waals surface area contributed by atoms with Crippen molar-refractivity contribution in [1.82, 2.24) is 0 Å². The van der Waals surface area contributed by atoms with Gasteiger partial charge < -0.3 is 0 Å². The van der Waals surface area contributed by atoms with Crippen LogP contribution in [0.25, 0.3) is 0 Å². The van der Waals surface area contributed by atoms with E-state index < -0.39 is 12.3 Å². The normalized spacial score (nSPS) is 11.3. The van der Waals surface area contributed by atoms with E-state index in [1.165, 1.54) is 0 Å². The van der Waals surface area contributed by atoms with E-state index in [0.29, 0.717) is 5.56 Å². The summed E-state index contributed by atoms with van der Waals surface area (Å²) < 4.78 is 25.1. The predicted molar refractivity (Wildman–Crippen MR) is 45.9 cm³/mol. The number of benzene rings is 1. The summed E-state index contributed by atoms with van der Waals surface area (Å²) >= 11 is 0. The second-order valence-electron chi connectivity index (χ2n) is 3.04. The van der Waals surface area contributed by atoms with E-state index in [-0.39, 0.29) is 6.29 Å². The van der Waals surface area contributed by atoms with Crippen LogP contribution in [0.15, 0.2) is 24.3 Å². The van der Waals surface area contributed by atoms with Crippen molar-refractivity contribution >= 4 is 6.29 Å². The molecule has 0 heterocycles. The number of alkyl halides is 2. The lowest BCUT2D eigenvalue weighted by molar-refractivity contribution is -0.128. The number of halogens is 2. The lowest BCUT2D eigenvalue weighted by Crippen LogP contribution is -2.20. The van der Waals surface area contributed by atoms with E-state index in [9.17, 15) is 13.6 Å². The van der Waals surface area contributed by atoms with Crippen LogP contribution in [0.5, 0.6) is 0 Å². The first-order chi connectivity index (χ1) is 6.03. The molecule has 0 aromatic heterocycles. The maximum absolute atomic E-state index is 12.6. The smallest absolute Gasteiger partial charge is 0.297 e. The van der Waals surface area contributed by atoms with Gasteiger partial charge in [0.2, 0.25) is 0 Å². The number of aryl methyl sites for hydroxylation is 1. The average Bonchev–Trinajstić information content (AvgIpc) is 2.09. The molecule has 70 valence electrons. The van der Waals surface area contributed by atoms with E-state index in [1.54, 1.807) is 24.3 Å². The van der Waals surface area contributed by atoms with Crippen LogP contribution in [0.1, 0.15) is 11.1 Å². The van der Waals surface area contributed by atoms with Gasteiger partial charge in [-0.25, -0.2) is 0 Å². The molecule has 0 radical (unpaired) electrons. The molecule has 0 N–H and O–H groups in total. The van der Waals surface area contributed by atoms with E-state index >= 15 is 0 Å². The van der Waals surface area contributed by atoms with Gasteiger partial charge in [0.15, 0.2) is 6.29 Å². The number of carbonyl (C=O) groups is 1. The Kier molecular flexibility index (Phi) is 2.76. The van der Waals surface area contributed by atoms with Crippen molar-refractivity contribution in [2.24, 2.45) is 0 Å². The first-order valence-corrected chi connectivity index (χ1v) is 3.93. The summed E-state index contributed by atoms with van der Waals surface area (Å²) in [6.45, 7) is 1.88. The maximum atomic E-state index is 12.6. The molecule has 0 saturated carbocycles. The van der Waals surface area contributed by atoms with E-state index in [0.717, 1.165) is 5.56 Å². The molecule has 0 unspecified atom stereocenters. The number of carbonyl (C=O) groups excluding carboxylic acids is 1. The first kappa shape index (κ1) is 9.84. The minimum absolute atomic E-state index is 0.313. The highest BCUT2D eigenvalue weighted by molar-refractivity contribution is 5.60. The summed E-state index contributed by atoms with van der Waals surface area (Å²) in [7, 11) is 0. The summed E-state index contributed by atoms with van der Waals surface area (Å²) in [5.74, 6) is -3.24. The minimum Gasteiger partial charge on any atom is -0.297 e. The molecule has 0 bridgehead atoms.